The zero-order valence-electron chi connectivity index (χ0n) is 10.6. The molecule has 0 bridgehead atoms. The van der Waals surface area contributed by atoms with Gasteiger partial charge >= 0.3 is 0 Å². The van der Waals surface area contributed by atoms with Gasteiger partial charge in [0.1, 0.15) is 0 Å². The molecule has 1 heterocycles. The van der Waals surface area contributed by atoms with Crippen LogP contribution in [0, 0.1) is 23.7 Å². The third kappa shape index (κ3) is 5.85. The minimum atomic E-state index is 0.716. The number of likely N-dealkylation sites (tertiary alicyclic amines) is 1. The second kappa shape index (κ2) is 6.90. The van der Waals surface area contributed by atoms with Gasteiger partial charge in [-0.1, -0.05) is 20.8 Å². The molecule has 1 rings (SSSR count). The lowest BCUT2D eigenvalue weighted by molar-refractivity contribution is 0.196. The predicted molar refractivity (Wildman–Crippen MR) is 66.7 cm³/mol. The molecule has 1 nitrogen and oxygen atoms in total. The van der Waals surface area contributed by atoms with E-state index in [1.54, 1.807) is 0 Å². The van der Waals surface area contributed by atoms with Crippen molar-refractivity contribution >= 4 is 0 Å². The van der Waals surface area contributed by atoms with Crippen molar-refractivity contribution in [3.05, 3.63) is 0 Å². The largest absolute Gasteiger partial charge is 0.302 e. The third-order valence-corrected chi connectivity index (χ3v) is 3.06. The molecule has 0 aromatic carbocycles. The van der Waals surface area contributed by atoms with Crippen molar-refractivity contribution < 1.29 is 0 Å². The Hall–Kier alpha value is -0.480. The minimum absolute atomic E-state index is 0.716. The van der Waals surface area contributed by atoms with E-state index in [0.717, 1.165) is 18.8 Å². The van der Waals surface area contributed by atoms with E-state index in [0.29, 0.717) is 5.92 Å². The summed E-state index contributed by atoms with van der Waals surface area (Å²) in [6.45, 7) is 10.6. The fraction of sp³-hybridized carbons (Fsp3) is 0.857. The molecular formula is C14H25N. The highest BCUT2D eigenvalue weighted by Gasteiger charge is 2.14. The van der Waals surface area contributed by atoms with Crippen molar-refractivity contribution in [2.45, 2.75) is 46.5 Å². The summed E-state index contributed by atoms with van der Waals surface area (Å²) in [7, 11) is 0. The second-order valence-electron chi connectivity index (χ2n) is 5.23. The van der Waals surface area contributed by atoms with Gasteiger partial charge in [0.2, 0.25) is 0 Å². The highest BCUT2D eigenvalue weighted by Crippen LogP contribution is 2.15. The molecule has 0 aliphatic carbocycles. The maximum atomic E-state index is 3.28. The first-order chi connectivity index (χ1) is 7.18. The summed E-state index contributed by atoms with van der Waals surface area (Å²) in [5, 5.41) is 0. The normalized spacial score (nSPS) is 18.9. The topological polar surface area (TPSA) is 3.24 Å². The SMILES string of the molecule is CC(C)CC#CCCN1CCC(C)CC1. The molecule has 0 saturated carbocycles. The van der Waals surface area contributed by atoms with Crippen molar-refractivity contribution in [3.8, 4) is 11.8 Å². The smallest absolute Gasteiger partial charge is 0.0217 e. The third-order valence-electron chi connectivity index (χ3n) is 3.06. The summed E-state index contributed by atoms with van der Waals surface area (Å²) in [5.41, 5.74) is 0. The first-order valence-corrected chi connectivity index (χ1v) is 6.36. The van der Waals surface area contributed by atoms with Crippen LogP contribution in [0.2, 0.25) is 0 Å². The Morgan fingerprint density at radius 3 is 2.47 bits per heavy atom. The lowest BCUT2D eigenvalue weighted by Gasteiger charge is -2.29. The molecule has 0 radical (unpaired) electrons. The maximum Gasteiger partial charge on any atom is 0.0217 e. The zero-order chi connectivity index (χ0) is 11.1. The van der Waals surface area contributed by atoms with Gasteiger partial charge in [-0.3, -0.25) is 0 Å². The zero-order valence-corrected chi connectivity index (χ0v) is 10.6. The lowest BCUT2D eigenvalue weighted by atomic mass is 9.99. The monoisotopic (exact) mass is 207 g/mol. The molecule has 0 atom stereocenters. The number of hydrogen-bond acceptors (Lipinski definition) is 1. The van der Waals surface area contributed by atoms with Crippen molar-refractivity contribution in [2.75, 3.05) is 19.6 Å². The highest BCUT2D eigenvalue weighted by atomic mass is 15.1. The Labute approximate surface area is 95.2 Å². The summed E-state index contributed by atoms with van der Waals surface area (Å²) < 4.78 is 0. The van der Waals surface area contributed by atoms with Gasteiger partial charge in [0.05, 0.1) is 0 Å². The van der Waals surface area contributed by atoms with Crippen LogP contribution in [0.3, 0.4) is 0 Å². The first-order valence-electron chi connectivity index (χ1n) is 6.36. The van der Waals surface area contributed by atoms with E-state index in [1.807, 2.05) is 0 Å². The van der Waals surface area contributed by atoms with Crippen LogP contribution in [0.15, 0.2) is 0 Å². The van der Waals surface area contributed by atoms with Crippen LogP contribution in [-0.2, 0) is 0 Å². The fourth-order valence-electron chi connectivity index (χ4n) is 1.86. The van der Waals surface area contributed by atoms with Gasteiger partial charge in [-0.15, -0.1) is 11.8 Å². The molecule has 1 saturated heterocycles. The van der Waals surface area contributed by atoms with Crippen LogP contribution >= 0.6 is 0 Å². The number of hydrogen-bond donors (Lipinski definition) is 0. The van der Waals surface area contributed by atoms with E-state index in [9.17, 15) is 0 Å². The first kappa shape index (κ1) is 12.6. The molecule has 86 valence electrons. The van der Waals surface area contributed by atoms with Crippen LogP contribution in [0.25, 0.3) is 0 Å². The molecule has 1 fully saturated rings. The van der Waals surface area contributed by atoms with Crippen molar-refractivity contribution in [1.82, 2.24) is 4.90 Å². The number of piperidine rings is 1. The fourth-order valence-corrected chi connectivity index (χ4v) is 1.86. The van der Waals surface area contributed by atoms with E-state index < -0.39 is 0 Å². The summed E-state index contributed by atoms with van der Waals surface area (Å²) in [6, 6.07) is 0. The Balaban J connectivity index is 2.06. The Morgan fingerprint density at radius 2 is 1.87 bits per heavy atom. The van der Waals surface area contributed by atoms with E-state index in [4.69, 9.17) is 0 Å². The van der Waals surface area contributed by atoms with Gasteiger partial charge in [-0.05, 0) is 37.8 Å². The van der Waals surface area contributed by atoms with Crippen LogP contribution < -0.4 is 0 Å². The highest BCUT2D eigenvalue weighted by molar-refractivity contribution is 4.99. The van der Waals surface area contributed by atoms with E-state index in [2.05, 4.69) is 37.5 Å². The van der Waals surface area contributed by atoms with Crippen molar-refractivity contribution in [1.29, 1.82) is 0 Å². The van der Waals surface area contributed by atoms with Crippen LogP contribution in [-0.4, -0.2) is 24.5 Å². The van der Waals surface area contributed by atoms with Gasteiger partial charge in [0.25, 0.3) is 0 Å². The Morgan fingerprint density at radius 1 is 1.20 bits per heavy atom. The quantitative estimate of drug-likeness (QED) is 0.643. The average Bonchev–Trinajstić information content (AvgIpc) is 2.20. The standard InChI is InChI=1S/C14H25N/c1-13(2)7-5-4-6-10-15-11-8-14(3)9-12-15/h13-14H,6-12H2,1-3H3. The Kier molecular flexibility index (Phi) is 5.79. The molecule has 1 heteroatoms. The molecule has 0 aromatic rings. The van der Waals surface area contributed by atoms with E-state index in [-0.39, 0.29) is 0 Å². The second-order valence-corrected chi connectivity index (χ2v) is 5.23. The molecule has 15 heavy (non-hydrogen) atoms. The maximum absolute atomic E-state index is 3.28. The molecule has 0 spiro atoms. The van der Waals surface area contributed by atoms with Gasteiger partial charge in [0, 0.05) is 19.4 Å². The molecule has 0 amide bonds. The van der Waals surface area contributed by atoms with Crippen LogP contribution in [0.1, 0.15) is 46.5 Å². The number of nitrogens with zero attached hydrogens (tertiary/aromatic N) is 1. The molecular weight excluding hydrogens is 182 g/mol. The molecule has 1 aliphatic rings. The van der Waals surface area contributed by atoms with Gasteiger partial charge in [0.15, 0.2) is 0 Å². The summed E-state index contributed by atoms with van der Waals surface area (Å²) in [5.74, 6) is 8.19. The Bertz CT molecular complexity index is 213. The molecule has 0 N–H and O–H groups in total. The average molecular weight is 207 g/mol. The predicted octanol–water partition coefficient (Wildman–Crippen LogP) is 3.16. The van der Waals surface area contributed by atoms with Crippen LogP contribution in [0.4, 0.5) is 0 Å². The van der Waals surface area contributed by atoms with E-state index >= 15 is 0 Å². The van der Waals surface area contributed by atoms with Crippen molar-refractivity contribution in [3.63, 3.8) is 0 Å². The minimum Gasteiger partial charge on any atom is -0.302 e. The molecule has 1 aliphatic heterocycles. The van der Waals surface area contributed by atoms with Gasteiger partial charge in [-0.25, -0.2) is 0 Å². The van der Waals surface area contributed by atoms with Gasteiger partial charge < -0.3 is 4.90 Å². The number of rotatable bonds is 3. The summed E-state index contributed by atoms with van der Waals surface area (Å²) >= 11 is 0. The van der Waals surface area contributed by atoms with E-state index in [1.165, 1.54) is 32.5 Å². The van der Waals surface area contributed by atoms with Crippen LogP contribution in [0.5, 0.6) is 0 Å². The van der Waals surface area contributed by atoms with Gasteiger partial charge in [-0.2, -0.15) is 0 Å². The lowest BCUT2D eigenvalue weighted by Crippen LogP contribution is -2.33. The summed E-state index contributed by atoms with van der Waals surface area (Å²) in [6.07, 6.45) is 4.86. The summed E-state index contributed by atoms with van der Waals surface area (Å²) in [4.78, 5) is 2.56. The molecule has 0 aromatic heterocycles. The molecule has 0 unspecified atom stereocenters. The van der Waals surface area contributed by atoms with Crippen molar-refractivity contribution in [2.24, 2.45) is 11.8 Å².